The van der Waals surface area contributed by atoms with Gasteiger partial charge in [-0.05, 0) is 45.8 Å². The van der Waals surface area contributed by atoms with Crippen LogP contribution in [0.1, 0.15) is 60.8 Å². The van der Waals surface area contributed by atoms with Crippen molar-refractivity contribution in [3.63, 3.8) is 0 Å². The van der Waals surface area contributed by atoms with Gasteiger partial charge in [0.2, 0.25) is 0 Å². The van der Waals surface area contributed by atoms with Crippen LogP contribution in [0.15, 0.2) is 0 Å². The molecule has 3 nitrogen and oxygen atoms in total. The molecular weight excluding hydrogens is 337 g/mol. The Balaban J connectivity index is -0.000000448. The number of sulfone groups is 1. The normalized spacial score (nSPS) is 11.3. The number of hydrogen-bond acceptors (Lipinski definition) is 3. The van der Waals surface area contributed by atoms with Gasteiger partial charge in [0.15, 0.2) is 9.84 Å². The predicted octanol–water partition coefficient (Wildman–Crippen LogP) is 3.39. The Morgan fingerprint density at radius 2 is 1.47 bits per heavy atom. The van der Waals surface area contributed by atoms with Crippen molar-refractivity contribution in [2.75, 3.05) is 5.75 Å². The average Bonchev–Trinajstić information content (AvgIpc) is 2.09. The van der Waals surface area contributed by atoms with Crippen molar-refractivity contribution in [1.29, 1.82) is 0 Å². The predicted molar refractivity (Wildman–Crippen MR) is 78.0 cm³/mol. The molecule has 0 saturated carbocycles. The summed E-state index contributed by atoms with van der Waals surface area (Å²) < 4.78 is 22.5. The maximum absolute atomic E-state index is 11.6. The van der Waals surface area contributed by atoms with E-state index < -0.39 is 14.6 Å². The summed E-state index contributed by atoms with van der Waals surface area (Å²) in [6, 6.07) is 0. The summed E-state index contributed by atoms with van der Waals surface area (Å²) in [5.74, 6) is 1.45. The molecule has 1 radical (unpaired) electrons. The zero-order valence-electron chi connectivity index (χ0n) is 13.2. The first-order valence-electron chi connectivity index (χ1n) is 6.24. The second-order valence-corrected chi connectivity index (χ2v) is 8.79. The van der Waals surface area contributed by atoms with Gasteiger partial charge >= 0.3 is 0 Å². The van der Waals surface area contributed by atoms with Crippen molar-refractivity contribution < 1.29 is 45.9 Å². The SMILES string of the molecule is C[C-](C)C.[CH2-]C(=O)CCCCS(=O)(=O)C(C)(C)C.[Y]. The molecule has 0 saturated heterocycles. The Bertz CT molecular complexity index is 324. The maximum atomic E-state index is 11.6. The van der Waals surface area contributed by atoms with E-state index >= 15 is 0 Å². The van der Waals surface area contributed by atoms with E-state index in [1.54, 1.807) is 20.8 Å². The molecule has 0 rings (SSSR count). The van der Waals surface area contributed by atoms with Crippen LogP contribution in [0.25, 0.3) is 0 Å². The summed E-state index contributed by atoms with van der Waals surface area (Å²) in [4.78, 5) is 10.5. The average molecular weight is 365 g/mol. The molecule has 0 N–H and O–H groups in total. The molecule has 0 unspecified atom stereocenters. The third-order valence-corrected chi connectivity index (χ3v) is 4.74. The molecule has 0 amide bonds. The number of Topliss-reactive ketones (excluding diaryl/α,β-unsaturated/α-hetero) is 1. The number of hydrogen-bond donors (Lipinski definition) is 0. The molecule has 0 aliphatic carbocycles. The minimum atomic E-state index is -3.03. The van der Waals surface area contributed by atoms with E-state index in [-0.39, 0.29) is 44.2 Å². The van der Waals surface area contributed by atoms with Crippen LogP contribution in [0.2, 0.25) is 0 Å². The molecule has 0 aromatic heterocycles. The molecule has 0 fully saturated rings. The summed E-state index contributed by atoms with van der Waals surface area (Å²) in [5, 5.41) is 0. The van der Waals surface area contributed by atoms with Gasteiger partial charge in [-0.25, -0.2) is 8.42 Å². The molecular formula is C14H28O3SY-2. The van der Waals surface area contributed by atoms with Crippen LogP contribution in [0.3, 0.4) is 0 Å². The standard InChI is InChI=1S/C10H19O3S.C4H9.Y/c1-9(11)7-5-6-8-14(12,13)10(2,3)4;1-4(2)3;/h1,5-8H2,2-4H3;1-3H3;/q2*-1;. The van der Waals surface area contributed by atoms with Crippen LogP contribution in [0.4, 0.5) is 0 Å². The van der Waals surface area contributed by atoms with E-state index in [0.717, 1.165) is 0 Å². The van der Waals surface area contributed by atoms with E-state index in [9.17, 15) is 13.2 Å². The Morgan fingerprint density at radius 1 is 1.11 bits per heavy atom. The molecule has 0 heterocycles. The van der Waals surface area contributed by atoms with E-state index in [1.807, 2.05) is 0 Å². The monoisotopic (exact) mass is 365 g/mol. The van der Waals surface area contributed by atoms with Crippen LogP contribution in [-0.4, -0.2) is 24.7 Å². The first-order chi connectivity index (χ1) is 7.90. The van der Waals surface area contributed by atoms with Crippen molar-refractivity contribution in [3.8, 4) is 0 Å². The molecule has 0 spiro atoms. The zero-order valence-corrected chi connectivity index (χ0v) is 16.9. The molecule has 19 heavy (non-hydrogen) atoms. The Kier molecular flexibility index (Phi) is 14.6. The van der Waals surface area contributed by atoms with Crippen LogP contribution < -0.4 is 0 Å². The second kappa shape index (κ2) is 11.3. The molecule has 0 aliphatic heterocycles. The van der Waals surface area contributed by atoms with Gasteiger partial charge in [0, 0.05) is 32.7 Å². The van der Waals surface area contributed by atoms with E-state index in [1.165, 1.54) is 5.92 Å². The molecule has 0 aromatic rings. The van der Waals surface area contributed by atoms with Gasteiger partial charge in [-0.1, -0.05) is 0 Å². The van der Waals surface area contributed by atoms with Gasteiger partial charge in [0.05, 0.1) is 10.5 Å². The number of carbonyl (C=O) groups is 1. The number of unbranched alkanes of at least 4 members (excludes halogenated alkanes) is 1. The molecule has 0 bridgehead atoms. The summed E-state index contributed by atoms with van der Waals surface area (Å²) in [5.41, 5.74) is 0. The van der Waals surface area contributed by atoms with E-state index in [0.29, 0.717) is 19.3 Å². The Labute approximate surface area is 145 Å². The van der Waals surface area contributed by atoms with Crippen molar-refractivity contribution in [2.24, 2.45) is 0 Å². The smallest absolute Gasteiger partial charge is 0.155 e. The zero-order chi connectivity index (χ0) is 15.0. The summed E-state index contributed by atoms with van der Waals surface area (Å²) >= 11 is 0. The summed E-state index contributed by atoms with van der Waals surface area (Å²) in [6.07, 6.45) is 1.53. The summed E-state index contributed by atoms with van der Waals surface area (Å²) in [6.45, 7) is 14.6. The second-order valence-electron chi connectivity index (χ2n) is 5.93. The Hall–Kier alpha value is 0.594. The van der Waals surface area contributed by atoms with Gasteiger partial charge in [-0.2, -0.15) is 20.8 Å². The van der Waals surface area contributed by atoms with Gasteiger partial charge in [0.1, 0.15) is 0 Å². The topological polar surface area (TPSA) is 51.2 Å². The molecule has 0 aromatic carbocycles. The van der Waals surface area contributed by atoms with E-state index in [4.69, 9.17) is 0 Å². The van der Waals surface area contributed by atoms with Crippen molar-refractivity contribution in [1.82, 2.24) is 0 Å². The van der Waals surface area contributed by atoms with Gasteiger partial charge < -0.3 is 17.6 Å². The molecule has 0 aliphatic rings. The van der Waals surface area contributed by atoms with E-state index in [2.05, 4.69) is 27.7 Å². The maximum Gasteiger partial charge on any atom is 0.155 e. The quantitative estimate of drug-likeness (QED) is 0.554. The third kappa shape index (κ3) is 16.5. The molecule has 113 valence electrons. The summed E-state index contributed by atoms with van der Waals surface area (Å²) in [7, 11) is -3.03. The first kappa shape index (κ1) is 24.6. The minimum absolute atomic E-state index is 0. The van der Waals surface area contributed by atoms with Crippen molar-refractivity contribution >= 4 is 15.6 Å². The molecule has 0 atom stereocenters. The van der Waals surface area contributed by atoms with Gasteiger partial charge in [-0.3, -0.25) is 0 Å². The fraction of sp³-hybridized carbons (Fsp3) is 0.786. The number of carbonyl (C=O) groups excluding carboxylic acids is 1. The van der Waals surface area contributed by atoms with Crippen LogP contribution >= 0.6 is 0 Å². The van der Waals surface area contributed by atoms with Gasteiger partial charge in [-0.15, -0.1) is 0 Å². The number of rotatable bonds is 5. The molecule has 5 heteroatoms. The fourth-order valence-electron chi connectivity index (χ4n) is 0.920. The van der Waals surface area contributed by atoms with Crippen LogP contribution in [0.5, 0.6) is 0 Å². The van der Waals surface area contributed by atoms with Gasteiger partial charge in [0.25, 0.3) is 0 Å². The van der Waals surface area contributed by atoms with Crippen molar-refractivity contribution in [3.05, 3.63) is 12.8 Å². The Morgan fingerprint density at radius 3 is 1.74 bits per heavy atom. The fourth-order valence-corrected chi connectivity index (χ4v) is 2.12. The van der Waals surface area contributed by atoms with Crippen LogP contribution in [-0.2, 0) is 47.3 Å². The van der Waals surface area contributed by atoms with Crippen LogP contribution in [0, 0.1) is 12.8 Å². The van der Waals surface area contributed by atoms with Crippen molar-refractivity contribution in [2.45, 2.75) is 65.6 Å². The number of ketones is 1. The third-order valence-electron chi connectivity index (χ3n) is 2.05. The minimum Gasteiger partial charge on any atom is -0.339 e. The largest absolute Gasteiger partial charge is 0.339 e. The first-order valence-corrected chi connectivity index (χ1v) is 7.89.